The zero-order chi connectivity index (χ0) is 28.2. The van der Waals surface area contributed by atoms with E-state index >= 15 is 0 Å². The van der Waals surface area contributed by atoms with E-state index in [1.165, 1.54) is 0 Å². The molecule has 38 heavy (non-hydrogen) atoms. The quantitative estimate of drug-likeness (QED) is 0.152. The Morgan fingerprint density at radius 1 is 0.921 bits per heavy atom. The molecule has 0 N–H and O–H groups in total. The molecule has 0 saturated carbocycles. The summed E-state index contributed by atoms with van der Waals surface area (Å²) >= 11 is 0. The topological polar surface area (TPSA) is 65.1 Å². The number of nitrogens with zero attached hydrogens (tertiary/aromatic N) is 2. The first-order chi connectivity index (χ1) is 18.3. The van der Waals surface area contributed by atoms with Crippen LogP contribution in [0.15, 0.2) is 30.3 Å². The molecule has 0 heterocycles. The Morgan fingerprint density at radius 2 is 1.50 bits per heavy atom. The summed E-state index contributed by atoms with van der Waals surface area (Å²) in [6.45, 7) is 21.4. The number of aryl methyl sites for hydroxylation is 1. The molecule has 0 aromatic heterocycles. The molecule has 0 bridgehead atoms. The predicted octanol–water partition coefficient (Wildman–Crippen LogP) is 8.21. The van der Waals surface area contributed by atoms with Gasteiger partial charge in [-0.2, -0.15) is 5.26 Å². The standard InChI is InChI=1S/C32H40N2O4/c1-10-21(4)19-37-30-13-23(6)29(35-8)15-25(30)14-28(34-7)27-17-32(38-20-22(5)11-2)26(16-31(27)36-9)24(12-3)18-33/h12-17,21-22H,10-11,19-20H2,1-6,8-9H3/b24-12+,28-14-. The highest BCUT2D eigenvalue weighted by atomic mass is 16.5. The Morgan fingerprint density at radius 3 is 2.00 bits per heavy atom. The first kappa shape index (κ1) is 30.3. The van der Waals surface area contributed by atoms with E-state index in [-0.39, 0.29) is 0 Å². The average molecular weight is 517 g/mol. The van der Waals surface area contributed by atoms with Crippen LogP contribution in [0.25, 0.3) is 22.2 Å². The third-order valence-electron chi connectivity index (χ3n) is 6.66. The molecule has 0 fully saturated rings. The smallest absolute Gasteiger partial charge is 0.198 e. The normalized spacial score (nSPS) is 13.2. The monoisotopic (exact) mass is 516 g/mol. The lowest BCUT2D eigenvalue weighted by Gasteiger charge is -2.18. The molecule has 0 aliphatic heterocycles. The van der Waals surface area contributed by atoms with Crippen LogP contribution < -0.4 is 18.9 Å². The largest absolute Gasteiger partial charge is 0.497 e. The van der Waals surface area contributed by atoms with E-state index in [2.05, 4.69) is 38.6 Å². The maximum Gasteiger partial charge on any atom is 0.198 e. The van der Waals surface area contributed by atoms with Gasteiger partial charge in [0.1, 0.15) is 23.0 Å². The molecule has 2 atom stereocenters. The van der Waals surface area contributed by atoms with Crippen molar-refractivity contribution >= 4 is 17.3 Å². The Bertz CT molecular complexity index is 1250. The van der Waals surface area contributed by atoms with Crippen LogP contribution in [0.5, 0.6) is 23.0 Å². The second-order valence-electron chi connectivity index (χ2n) is 9.51. The SMILES string of the molecule is [C-]#[N+]/C(=C\c1cc(OC)c(C)cc1OCC(C)CC)c1cc(OCC(C)CC)c(/C(C#N)=C/C)cc1OC. The summed E-state index contributed by atoms with van der Waals surface area (Å²) in [6.07, 6.45) is 5.51. The Balaban J connectivity index is 2.73. The molecule has 0 saturated heterocycles. The molecule has 0 radical (unpaired) electrons. The van der Waals surface area contributed by atoms with E-state index in [4.69, 9.17) is 25.5 Å². The molecule has 0 amide bonds. The Hall–Kier alpha value is -3.90. The molecule has 202 valence electrons. The van der Waals surface area contributed by atoms with Crippen molar-refractivity contribution in [3.8, 4) is 29.1 Å². The number of ether oxygens (including phenoxy) is 4. The summed E-state index contributed by atoms with van der Waals surface area (Å²) in [5, 5.41) is 9.72. The fourth-order valence-corrected chi connectivity index (χ4v) is 3.69. The van der Waals surface area contributed by atoms with Crippen LogP contribution in [0, 0.1) is 36.7 Å². The first-order valence-electron chi connectivity index (χ1n) is 13.1. The van der Waals surface area contributed by atoms with Gasteiger partial charge in [0.25, 0.3) is 0 Å². The van der Waals surface area contributed by atoms with Crippen LogP contribution in [-0.4, -0.2) is 27.4 Å². The fraction of sp³-hybridized carbons (Fsp3) is 0.438. The molecule has 2 rings (SSSR count). The van der Waals surface area contributed by atoms with Crippen LogP contribution >= 0.6 is 0 Å². The molecular formula is C32H40N2O4. The number of benzene rings is 2. The maximum absolute atomic E-state index is 9.72. The number of rotatable bonds is 13. The van der Waals surface area contributed by atoms with Crippen molar-refractivity contribution in [3.63, 3.8) is 0 Å². The molecule has 2 aromatic rings. The van der Waals surface area contributed by atoms with Crippen molar-refractivity contribution in [1.82, 2.24) is 0 Å². The van der Waals surface area contributed by atoms with Gasteiger partial charge < -0.3 is 18.9 Å². The summed E-state index contributed by atoms with van der Waals surface area (Å²) in [5.74, 6) is 3.16. The van der Waals surface area contributed by atoms with Crippen molar-refractivity contribution in [3.05, 3.63) is 64.0 Å². The molecular weight excluding hydrogens is 476 g/mol. The van der Waals surface area contributed by atoms with Crippen molar-refractivity contribution < 1.29 is 18.9 Å². The Kier molecular flexibility index (Phi) is 11.8. The van der Waals surface area contributed by atoms with Crippen molar-refractivity contribution in [2.45, 2.75) is 54.4 Å². The second-order valence-corrected chi connectivity index (χ2v) is 9.51. The summed E-state index contributed by atoms with van der Waals surface area (Å²) in [7, 11) is 3.18. The lowest BCUT2D eigenvalue weighted by atomic mass is 9.99. The molecule has 6 heteroatoms. The van der Waals surface area contributed by atoms with E-state index in [1.807, 2.05) is 26.0 Å². The molecule has 0 spiro atoms. The number of hydrogen-bond donors (Lipinski definition) is 0. The van der Waals surface area contributed by atoms with E-state index in [9.17, 15) is 5.26 Å². The zero-order valence-corrected chi connectivity index (χ0v) is 24.0. The van der Waals surface area contributed by atoms with Crippen molar-refractivity contribution in [2.24, 2.45) is 11.8 Å². The van der Waals surface area contributed by atoms with Crippen LogP contribution in [0.3, 0.4) is 0 Å². The average Bonchev–Trinajstić information content (AvgIpc) is 2.94. The summed E-state index contributed by atoms with van der Waals surface area (Å²) < 4.78 is 23.6. The summed E-state index contributed by atoms with van der Waals surface area (Å²) in [5.41, 5.74) is 3.74. The van der Waals surface area contributed by atoms with Crippen molar-refractivity contribution in [1.29, 1.82) is 5.26 Å². The number of methoxy groups -OCH3 is 2. The maximum atomic E-state index is 9.72. The number of allylic oxidation sites excluding steroid dienone is 2. The third-order valence-corrected chi connectivity index (χ3v) is 6.66. The van der Waals surface area contributed by atoms with Crippen molar-refractivity contribution in [2.75, 3.05) is 27.4 Å². The van der Waals surface area contributed by atoms with Gasteiger partial charge in [0, 0.05) is 16.7 Å². The summed E-state index contributed by atoms with van der Waals surface area (Å²) in [4.78, 5) is 3.86. The van der Waals surface area contributed by atoms with E-state index in [1.54, 1.807) is 38.5 Å². The molecule has 6 nitrogen and oxygen atoms in total. The van der Waals surface area contributed by atoms with E-state index in [0.717, 1.165) is 24.0 Å². The highest BCUT2D eigenvalue weighted by molar-refractivity contribution is 5.91. The number of hydrogen-bond acceptors (Lipinski definition) is 5. The van der Waals surface area contributed by atoms with Crippen LogP contribution in [0.4, 0.5) is 0 Å². The van der Waals surface area contributed by atoms with E-state index < -0.39 is 0 Å². The lowest BCUT2D eigenvalue weighted by Crippen LogP contribution is -2.09. The van der Waals surface area contributed by atoms with Gasteiger partial charge in [-0.05, 0) is 61.6 Å². The van der Waals surface area contributed by atoms with Gasteiger partial charge in [0.15, 0.2) is 5.70 Å². The lowest BCUT2D eigenvalue weighted by molar-refractivity contribution is 0.255. The molecule has 2 aromatic carbocycles. The zero-order valence-electron chi connectivity index (χ0n) is 24.0. The van der Waals surface area contributed by atoms with Crippen LogP contribution in [0.2, 0.25) is 0 Å². The minimum atomic E-state index is 0.339. The van der Waals surface area contributed by atoms with E-state index in [0.29, 0.717) is 70.4 Å². The van der Waals surface area contributed by atoms with Gasteiger partial charge in [0.05, 0.1) is 45.6 Å². The highest BCUT2D eigenvalue weighted by Crippen LogP contribution is 2.39. The fourth-order valence-electron chi connectivity index (χ4n) is 3.69. The van der Waals surface area contributed by atoms with Gasteiger partial charge in [-0.25, -0.2) is 4.85 Å². The van der Waals surface area contributed by atoms with Gasteiger partial charge in [-0.15, -0.1) is 0 Å². The minimum Gasteiger partial charge on any atom is -0.497 e. The molecule has 0 aliphatic rings. The number of nitriles is 1. The van der Waals surface area contributed by atoms with Gasteiger partial charge in [0.2, 0.25) is 0 Å². The predicted molar refractivity (Wildman–Crippen MR) is 154 cm³/mol. The molecule has 0 aliphatic carbocycles. The van der Waals surface area contributed by atoms with Gasteiger partial charge in [-0.3, -0.25) is 0 Å². The first-order valence-corrected chi connectivity index (χ1v) is 13.1. The van der Waals surface area contributed by atoms with Crippen LogP contribution in [-0.2, 0) is 0 Å². The van der Waals surface area contributed by atoms with Crippen LogP contribution in [0.1, 0.15) is 69.7 Å². The van der Waals surface area contributed by atoms with Gasteiger partial charge in [-0.1, -0.05) is 46.6 Å². The minimum absolute atomic E-state index is 0.339. The molecule has 2 unspecified atom stereocenters. The third kappa shape index (κ3) is 7.56. The van der Waals surface area contributed by atoms with Gasteiger partial charge >= 0.3 is 0 Å². The highest BCUT2D eigenvalue weighted by Gasteiger charge is 2.19. The Labute approximate surface area is 228 Å². The summed E-state index contributed by atoms with van der Waals surface area (Å²) in [6, 6.07) is 9.64. The second kappa shape index (κ2) is 14.7.